The Bertz CT molecular complexity index is 372. The maximum Gasteiger partial charge on any atom is 0.349 e. The van der Waals surface area contributed by atoms with E-state index >= 15 is 0 Å². The zero-order valence-corrected chi connectivity index (χ0v) is 7.94. The van der Waals surface area contributed by atoms with Crippen LogP contribution in [0, 0.1) is 5.82 Å². The number of ether oxygens (including phenoxy) is 1. The molecule has 0 unspecified atom stereocenters. The van der Waals surface area contributed by atoms with E-state index in [4.69, 9.17) is 5.11 Å². The zero-order valence-electron chi connectivity index (χ0n) is 7.94. The SMILES string of the molecule is CC(=O)O[C@@H](C(=O)O)c1ccc(F)cc1. The third kappa shape index (κ3) is 3.05. The van der Waals surface area contributed by atoms with E-state index in [1.165, 1.54) is 12.1 Å². The number of carboxylic acid groups (broad SMARTS) is 1. The van der Waals surface area contributed by atoms with Gasteiger partial charge in [0.15, 0.2) is 0 Å². The molecule has 0 bridgehead atoms. The number of carboxylic acids is 1. The van der Waals surface area contributed by atoms with E-state index in [1.54, 1.807) is 0 Å². The number of esters is 1. The van der Waals surface area contributed by atoms with E-state index in [2.05, 4.69) is 4.74 Å². The molecule has 0 aliphatic heterocycles. The molecule has 1 aromatic carbocycles. The van der Waals surface area contributed by atoms with Gasteiger partial charge in [-0.25, -0.2) is 9.18 Å². The van der Waals surface area contributed by atoms with Crippen LogP contribution < -0.4 is 0 Å². The first-order valence-electron chi connectivity index (χ1n) is 4.16. The van der Waals surface area contributed by atoms with Gasteiger partial charge in [0, 0.05) is 12.5 Å². The number of carbonyl (C=O) groups excluding carboxylic acids is 1. The molecule has 0 aliphatic carbocycles. The summed E-state index contributed by atoms with van der Waals surface area (Å²) in [6, 6.07) is 4.73. The molecule has 0 spiro atoms. The molecule has 0 aromatic heterocycles. The van der Waals surface area contributed by atoms with Gasteiger partial charge in [0.25, 0.3) is 0 Å². The minimum Gasteiger partial charge on any atom is -0.478 e. The maximum absolute atomic E-state index is 12.6. The third-order valence-electron chi connectivity index (χ3n) is 1.68. The van der Waals surface area contributed by atoms with E-state index in [0.717, 1.165) is 19.1 Å². The highest BCUT2D eigenvalue weighted by atomic mass is 19.1. The zero-order chi connectivity index (χ0) is 11.4. The molecule has 0 saturated carbocycles. The fourth-order valence-corrected chi connectivity index (χ4v) is 1.06. The van der Waals surface area contributed by atoms with Crippen molar-refractivity contribution in [1.82, 2.24) is 0 Å². The third-order valence-corrected chi connectivity index (χ3v) is 1.68. The molecule has 1 aromatic rings. The van der Waals surface area contributed by atoms with Crippen LogP contribution in [0.5, 0.6) is 0 Å². The van der Waals surface area contributed by atoms with Gasteiger partial charge in [0.2, 0.25) is 6.10 Å². The number of hydrogen-bond acceptors (Lipinski definition) is 3. The van der Waals surface area contributed by atoms with Gasteiger partial charge in [0.05, 0.1) is 0 Å². The second kappa shape index (κ2) is 4.54. The molecule has 15 heavy (non-hydrogen) atoms. The first-order valence-corrected chi connectivity index (χ1v) is 4.16. The van der Waals surface area contributed by atoms with Crippen molar-refractivity contribution >= 4 is 11.9 Å². The second-order valence-corrected chi connectivity index (χ2v) is 2.88. The lowest BCUT2D eigenvalue weighted by Gasteiger charge is -2.12. The number of aliphatic carboxylic acids is 1. The van der Waals surface area contributed by atoms with Crippen LogP contribution in [0.4, 0.5) is 4.39 Å². The molecule has 0 amide bonds. The molecular formula is C10H9FO4. The predicted octanol–water partition coefficient (Wildman–Crippen LogP) is 1.51. The lowest BCUT2D eigenvalue weighted by molar-refractivity contribution is -0.163. The summed E-state index contributed by atoms with van der Waals surface area (Å²) in [5, 5.41) is 8.77. The molecule has 1 N–H and O–H groups in total. The quantitative estimate of drug-likeness (QED) is 0.771. The summed E-state index contributed by atoms with van der Waals surface area (Å²) >= 11 is 0. The standard InChI is InChI=1S/C10H9FO4/c1-6(12)15-9(10(13)14)7-2-4-8(11)5-3-7/h2-5,9H,1H3,(H,13,14)/t9-/m1/s1. The fourth-order valence-electron chi connectivity index (χ4n) is 1.06. The Morgan fingerprint density at radius 1 is 1.33 bits per heavy atom. The molecule has 1 rings (SSSR count). The lowest BCUT2D eigenvalue weighted by atomic mass is 10.1. The minimum atomic E-state index is -1.39. The first-order chi connectivity index (χ1) is 7.00. The van der Waals surface area contributed by atoms with Crippen LogP contribution in [-0.4, -0.2) is 17.0 Å². The van der Waals surface area contributed by atoms with E-state index in [9.17, 15) is 14.0 Å². The van der Waals surface area contributed by atoms with Gasteiger partial charge in [-0.2, -0.15) is 0 Å². The van der Waals surface area contributed by atoms with Crippen molar-refractivity contribution in [2.75, 3.05) is 0 Å². The molecule has 0 saturated heterocycles. The number of hydrogen-bond donors (Lipinski definition) is 1. The van der Waals surface area contributed by atoms with E-state index in [1.807, 2.05) is 0 Å². The van der Waals surface area contributed by atoms with Crippen LogP contribution >= 0.6 is 0 Å². The monoisotopic (exact) mass is 212 g/mol. The molecule has 1 atom stereocenters. The van der Waals surface area contributed by atoms with Gasteiger partial charge >= 0.3 is 11.9 Å². The van der Waals surface area contributed by atoms with Crippen LogP contribution in [0.3, 0.4) is 0 Å². The first kappa shape index (κ1) is 11.2. The van der Waals surface area contributed by atoms with Crippen molar-refractivity contribution in [2.24, 2.45) is 0 Å². The number of carbonyl (C=O) groups is 2. The van der Waals surface area contributed by atoms with Crippen molar-refractivity contribution in [3.63, 3.8) is 0 Å². The van der Waals surface area contributed by atoms with Crippen LogP contribution in [0.25, 0.3) is 0 Å². The van der Waals surface area contributed by atoms with Crippen molar-refractivity contribution < 1.29 is 23.8 Å². The van der Waals surface area contributed by atoms with Gasteiger partial charge in [0.1, 0.15) is 5.82 Å². The van der Waals surface area contributed by atoms with Crippen LogP contribution in [-0.2, 0) is 14.3 Å². The summed E-state index contributed by atoms with van der Waals surface area (Å²) in [7, 11) is 0. The van der Waals surface area contributed by atoms with E-state index in [-0.39, 0.29) is 5.56 Å². The number of rotatable bonds is 3. The summed E-state index contributed by atoms with van der Waals surface area (Å²) in [5.41, 5.74) is 0.221. The second-order valence-electron chi connectivity index (χ2n) is 2.88. The van der Waals surface area contributed by atoms with Gasteiger partial charge in [-0.15, -0.1) is 0 Å². The molecule has 4 nitrogen and oxygen atoms in total. The van der Waals surface area contributed by atoms with E-state index < -0.39 is 23.9 Å². The lowest BCUT2D eigenvalue weighted by Crippen LogP contribution is -2.17. The van der Waals surface area contributed by atoms with Gasteiger partial charge in [-0.05, 0) is 12.1 Å². The number of halogens is 1. The summed E-state index contributed by atoms with van der Waals surface area (Å²) in [5.74, 6) is -2.48. The summed E-state index contributed by atoms with van der Waals surface area (Å²) in [6.07, 6.45) is -1.39. The Morgan fingerprint density at radius 3 is 2.27 bits per heavy atom. The maximum atomic E-state index is 12.6. The molecule has 80 valence electrons. The van der Waals surface area contributed by atoms with E-state index in [0.29, 0.717) is 0 Å². The topological polar surface area (TPSA) is 63.6 Å². The van der Waals surface area contributed by atoms with Crippen molar-refractivity contribution in [3.05, 3.63) is 35.6 Å². The predicted molar refractivity (Wildman–Crippen MR) is 48.5 cm³/mol. The molecule has 0 radical (unpaired) electrons. The van der Waals surface area contributed by atoms with Crippen LogP contribution in [0.15, 0.2) is 24.3 Å². The van der Waals surface area contributed by atoms with Crippen LogP contribution in [0.2, 0.25) is 0 Å². The summed E-state index contributed by atoms with van der Waals surface area (Å²) < 4.78 is 17.1. The average molecular weight is 212 g/mol. The highest BCUT2D eigenvalue weighted by molar-refractivity contribution is 5.78. The Hall–Kier alpha value is -1.91. The van der Waals surface area contributed by atoms with Gasteiger partial charge in [-0.3, -0.25) is 4.79 Å². The molecule has 5 heteroatoms. The van der Waals surface area contributed by atoms with Crippen molar-refractivity contribution in [1.29, 1.82) is 0 Å². The average Bonchev–Trinajstić information content (AvgIpc) is 2.15. The highest BCUT2D eigenvalue weighted by Crippen LogP contribution is 2.18. The smallest absolute Gasteiger partial charge is 0.349 e. The van der Waals surface area contributed by atoms with Gasteiger partial charge < -0.3 is 9.84 Å². The number of benzene rings is 1. The minimum absolute atomic E-state index is 0.221. The Balaban J connectivity index is 2.94. The molecule has 0 heterocycles. The molecule has 0 fully saturated rings. The fraction of sp³-hybridized carbons (Fsp3) is 0.200. The van der Waals surface area contributed by atoms with Crippen molar-refractivity contribution in [3.8, 4) is 0 Å². The highest BCUT2D eigenvalue weighted by Gasteiger charge is 2.22. The molecular weight excluding hydrogens is 203 g/mol. The summed E-state index contributed by atoms with van der Waals surface area (Å²) in [6.45, 7) is 1.11. The Labute approximate surface area is 85.3 Å². The summed E-state index contributed by atoms with van der Waals surface area (Å²) in [4.78, 5) is 21.4. The molecule has 0 aliphatic rings. The van der Waals surface area contributed by atoms with Crippen LogP contribution in [0.1, 0.15) is 18.6 Å². The normalized spacial score (nSPS) is 11.9. The Kier molecular flexibility index (Phi) is 3.38. The Morgan fingerprint density at radius 2 is 1.87 bits per heavy atom. The largest absolute Gasteiger partial charge is 0.478 e. The van der Waals surface area contributed by atoms with Gasteiger partial charge in [-0.1, -0.05) is 12.1 Å². The van der Waals surface area contributed by atoms with Crippen molar-refractivity contribution in [2.45, 2.75) is 13.0 Å².